The van der Waals surface area contributed by atoms with E-state index >= 15 is 0 Å². The molecule has 1 saturated carbocycles. The lowest BCUT2D eigenvalue weighted by Gasteiger charge is -2.35. The normalized spacial score (nSPS) is 18.7. The van der Waals surface area contributed by atoms with E-state index in [2.05, 4.69) is 5.10 Å². The predicted octanol–water partition coefficient (Wildman–Crippen LogP) is 4.48. The topological polar surface area (TPSA) is 56.6 Å². The lowest BCUT2D eigenvalue weighted by Crippen LogP contribution is -2.42. The van der Waals surface area contributed by atoms with E-state index in [9.17, 15) is 13.6 Å². The van der Waals surface area contributed by atoms with Crippen LogP contribution < -0.4 is 9.64 Å². The fourth-order valence-electron chi connectivity index (χ4n) is 3.83. The number of benzene rings is 1. The average molecular weight is 405 g/mol. The van der Waals surface area contributed by atoms with E-state index < -0.39 is 25.5 Å². The van der Waals surface area contributed by atoms with Gasteiger partial charge in [0, 0.05) is 28.9 Å². The predicted molar refractivity (Wildman–Crippen MR) is 105 cm³/mol. The van der Waals surface area contributed by atoms with E-state index in [0.29, 0.717) is 30.3 Å². The molecular formula is C21H25F2N3O3. The Morgan fingerprint density at radius 1 is 1.28 bits per heavy atom. The average Bonchev–Trinajstić information content (AvgIpc) is 3.48. The maximum absolute atomic E-state index is 13.3. The number of carbonyl (C=O) groups is 1. The number of hydrogen-bond donors (Lipinski definition) is 0. The van der Waals surface area contributed by atoms with Crippen LogP contribution >= 0.6 is 0 Å². The highest BCUT2D eigenvalue weighted by Crippen LogP contribution is 2.44. The number of anilines is 1. The van der Waals surface area contributed by atoms with Crippen molar-refractivity contribution in [2.75, 3.05) is 25.4 Å². The highest BCUT2D eigenvalue weighted by atomic mass is 19.1. The molecule has 0 unspecified atom stereocenters. The summed E-state index contributed by atoms with van der Waals surface area (Å²) < 4.78 is 39.2. The zero-order valence-electron chi connectivity index (χ0n) is 16.6. The molecule has 0 spiro atoms. The van der Waals surface area contributed by atoms with Gasteiger partial charge in [-0.1, -0.05) is 0 Å². The van der Waals surface area contributed by atoms with Crippen molar-refractivity contribution in [1.82, 2.24) is 9.78 Å². The van der Waals surface area contributed by atoms with Crippen molar-refractivity contribution in [1.29, 1.82) is 0 Å². The number of nitrogens with zero attached hydrogens (tertiary/aromatic N) is 3. The van der Waals surface area contributed by atoms with Gasteiger partial charge in [-0.05, 0) is 44.7 Å². The van der Waals surface area contributed by atoms with Crippen LogP contribution in [0.25, 0.3) is 11.1 Å². The Hall–Kier alpha value is -2.64. The van der Waals surface area contributed by atoms with Gasteiger partial charge in [0.2, 0.25) is 0 Å². The molecule has 1 amide bonds. The molecule has 1 aliphatic carbocycles. The number of hydrogen-bond acceptors (Lipinski definition) is 4. The minimum atomic E-state index is -1.19. The van der Waals surface area contributed by atoms with Crippen molar-refractivity contribution < 1.29 is 23.0 Å². The van der Waals surface area contributed by atoms with E-state index in [1.54, 1.807) is 11.1 Å². The molecule has 0 bridgehead atoms. The highest BCUT2D eigenvalue weighted by molar-refractivity contribution is 5.92. The molecule has 2 aromatic rings. The Labute approximate surface area is 168 Å². The molecule has 2 heterocycles. The van der Waals surface area contributed by atoms with Crippen LogP contribution in [-0.2, 0) is 11.2 Å². The van der Waals surface area contributed by atoms with Crippen LogP contribution in [0, 0.1) is 0 Å². The lowest BCUT2D eigenvalue weighted by molar-refractivity contribution is 0.133. The first kappa shape index (κ1) is 19.7. The molecule has 1 aromatic carbocycles. The Balaban J connectivity index is 1.81. The van der Waals surface area contributed by atoms with Crippen LogP contribution in [-0.4, -0.2) is 48.5 Å². The van der Waals surface area contributed by atoms with Crippen LogP contribution in [0.2, 0.25) is 0 Å². The largest absolute Gasteiger partial charge is 0.484 e. The van der Waals surface area contributed by atoms with Gasteiger partial charge in [0.25, 0.3) is 0 Å². The molecule has 8 heteroatoms. The molecular weight excluding hydrogens is 380 g/mol. The minimum absolute atomic E-state index is 0.0515. The Morgan fingerprint density at radius 2 is 2.03 bits per heavy atom. The fraction of sp³-hybridized carbons (Fsp3) is 0.524. The van der Waals surface area contributed by atoms with E-state index in [0.717, 1.165) is 29.5 Å². The van der Waals surface area contributed by atoms with Crippen molar-refractivity contribution in [2.45, 2.75) is 50.8 Å². The van der Waals surface area contributed by atoms with Crippen LogP contribution in [0.5, 0.6) is 5.75 Å². The summed E-state index contributed by atoms with van der Waals surface area (Å²) in [5.74, 6) is 0.416. The van der Waals surface area contributed by atoms with Gasteiger partial charge in [0.15, 0.2) is 6.10 Å². The van der Waals surface area contributed by atoms with E-state index in [1.807, 2.05) is 29.9 Å². The molecule has 0 N–H and O–H groups in total. The summed E-state index contributed by atoms with van der Waals surface area (Å²) in [6.07, 6.45) is 5.56. The van der Waals surface area contributed by atoms with E-state index in [-0.39, 0.29) is 6.04 Å². The molecule has 4 rings (SSSR count). The lowest BCUT2D eigenvalue weighted by atomic mass is 9.92. The number of methoxy groups -OCH3 is 1. The van der Waals surface area contributed by atoms with Crippen LogP contribution in [0.1, 0.15) is 37.8 Å². The summed E-state index contributed by atoms with van der Waals surface area (Å²) >= 11 is 0. The summed E-state index contributed by atoms with van der Waals surface area (Å²) in [6.45, 7) is 0.0794. The summed E-state index contributed by atoms with van der Waals surface area (Å²) in [7, 11) is 1.34. The molecule has 29 heavy (non-hydrogen) atoms. The number of fused-ring (bicyclic) bond motifs is 1. The monoisotopic (exact) mass is 405 g/mol. The number of ether oxygens (including phenoxy) is 2. The molecule has 1 aliphatic heterocycles. The third kappa shape index (κ3) is 3.68. The number of aromatic nitrogens is 2. The molecule has 156 valence electrons. The second-order valence-electron chi connectivity index (χ2n) is 7.66. The van der Waals surface area contributed by atoms with Gasteiger partial charge in [-0.3, -0.25) is 9.58 Å². The van der Waals surface area contributed by atoms with Gasteiger partial charge in [-0.25, -0.2) is 13.6 Å². The summed E-state index contributed by atoms with van der Waals surface area (Å²) in [4.78, 5) is 13.9. The van der Waals surface area contributed by atoms with Crippen molar-refractivity contribution in [3.63, 3.8) is 0 Å². The number of rotatable bonds is 6. The Kier molecular flexibility index (Phi) is 5.43. The third-order valence-electron chi connectivity index (χ3n) is 5.58. The zero-order valence-corrected chi connectivity index (χ0v) is 16.6. The van der Waals surface area contributed by atoms with Crippen LogP contribution in [0.15, 0.2) is 24.5 Å². The Bertz CT molecular complexity index is 893. The third-order valence-corrected chi connectivity index (χ3v) is 5.58. The SMILES string of the molecule is COC(=O)N1c2ccc(-c3cnn(C4CC4)c3)c(OC(CF)CF)c2CC[C@@H]1C. The molecule has 1 atom stereocenters. The van der Waals surface area contributed by atoms with Crippen LogP contribution in [0.4, 0.5) is 19.3 Å². The number of alkyl halides is 2. The second-order valence-corrected chi connectivity index (χ2v) is 7.66. The van der Waals surface area contributed by atoms with Crippen molar-refractivity contribution in [3.05, 3.63) is 30.1 Å². The van der Waals surface area contributed by atoms with Crippen molar-refractivity contribution in [3.8, 4) is 16.9 Å². The molecule has 1 aromatic heterocycles. The number of amides is 1. The van der Waals surface area contributed by atoms with Gasteiger partial charge in [0.05, 0.1) is 25.0 Å². The van der Waals surface area contributed by atoms with Gasteiger partial charge >= 0.3 is 6.09 Å². The molecule has 1 fully saturated rings. The maximum atomic E-state index is 13.3. The molecule has 6 nitrogen and oxygen atoms in total. The highest BCUT2D eigenvalue weighted by Gasteiger charge is 2.33. The summed E-state index contributed by atoms with van der Waals surface area (Å²) in [6, 6.07) is 4.04. The first-order valence-corrected chi connectivity index (χ1v) is 9.93. The zero-order chi connectivity index (χ0) is 20.5. The number of carbonyl (C=O) groups excluding carboxylic acids is 1. The summed E-state index contributed by atoms with van der Waals surface area (Å²) in [5, 5.41) is 4.42. The smallest absolute Gasteiger partial charge is 0.414 e. The van der Waals surface area contributed by atoms with Crippen molar-refractivity contribution in [2.24, 2.45) is 0 Å². The van der Waals surface area contributed by atoms with E-state index in [4.69, 9.17) is 9.47 Å². The minimum Gasteiger partial charge on any atom is -0.484 e. The molecule has 0 saturated heterocycles. The molecule has 0 radical (unpaired) electrons. The fourth-order valence-corrected chi connectivity index (χ4v) is 3.83. The second kappa shape index (κ2) is 8.00. The quantitative estimate of drug-likeness (QED) is 0.711. The van der Waals surface area contributed by atoms with Crippen molar-refractivity contribution >= 4 is 11.8 Å². The first-order valence-electron chi connectivity index (χ1n) is 9.93. The summed E-state index contributed by atoms with van der Waals surface area (Å²) in [5.41, 5.74) is 2.97. The van der Waals surface area contributed by atoms with Gasteiger partial charge in [-0.15, -0.1) is 0 Å². The van der Waals surface area contributed by atoms with E-state index in [1.165, 1.54) is 7.11 Å². The maximum Gasteiger partial charge on any atom is 0.414 e. The molecule has 2 aliphatic rings. The first-order chi connectivity index (χ1) is 14.1. The standard InChI is InChI=1S/C21H25F2N3O3/c1-13-3-6-18-19(26(13)21(27)28-2)8-7-17(20(18)29-16(9-22)10-23)14-11-24-25(12-14)15-4-5-15/h7-8,11-13,15-16H,3-6,9-10H2,1-2H3/t13-/m0/s1. The van der Waals surface area contributed by atoms with Crippen LogP contribution in [0.3, 0.4) is 0 Å². The van der Waals surface area contributed by atoms with Gasteiger partial charge in [0.1, 0.15) is 19.1 Å². The number of halogens is 2. The van der Waals surface area contributed by atoms with Gasteiger partial charge in [-0.2, -0.15) is 5.10 Å². The Morgan fingerprint density at radius 3 is 2.69 bits per heavy atom. The van der Waals surface area contributed by atoms with Gasteiger partial charge < -0.3 is 9.47 Å².